The number of anilines is 1. The molecule has 0 saturated heterocycles. The first-order chi connectivity index (χ1) is 18.0. The minimum atomic E-state index is -0.0215. The number of carbonyl (C=O) groups is 1. The van der Waals surface area contributed by atoms with Crippen LogP contribution in [0.5, 0.6) is 0 Å². The summed E-state index contributed by atoms with van der Waals surface area (Å²) in [6, 6.07) is 12.1. The van der Waals surface area contributed by atoms with Gasteiger partial charge in [-0.2, -0.15) is 5.10 Å². The quantitative estimate of drug-likeness (QED) is 0.393. The summed E-state index contributed by atoms with van der Waals surface area (Å²) in [5.74, 6) is 0.965. The van der Waals surface area contributed by atoms with Crippen LogP contribution in [0.15, 0.2) is 48.8 Å². The second-order valence-electron chi connectivity index (χ2n) is 7.13. The van der Waals surface area contributed by atoms with E-state index in [-0.39, 0.29) is 5.91 Å². The molecule has 2 aromatic heterocycles. The molecule has 0 bridgehead atoms. The first-order valence-electron chi connectivity index (χ1n) is 14.0. The number of aryl methyl sites for hydroxylation is 3. The summed E-state index contributed by atoms with van der Waals surface area (Å²) >= 11 is 0. The van der Waals surface area contributed by atoms with Crippen molar-refractivity contribution in [3.05, 3.63) is 76.7 Å². The fourth-order valence-electron chi connectivity index (χ4n) is 3.40. The molecule has 6 nitrogen and oxygen atoms in total. The summed E-state index contributed by atoms with van der Waals surface area (Å²) in [4.78, 5) is 19.0. The summed E-state index contributed by atoms with van der Waals surface area (Å²) in [7, 11) is 1.67. The van der Waals surface area contributed by atoms with E-state index in [0.717, 1.165) is 48.7 Å². The highest BCUT2D eigenvalue weighted by Gasteiger charge is 2.22. The van der Waals surface area contributed by atoms with Crippen LogP contribution in [0.4, 0.5) is 5.82 Å². The molecule has 0 unspecified atom stereocenters. The van der Waals surface area contributed by atoms with Crippen LogP contribution in [0, 0.1) is 13.8 Å². The number of pyridine rings is 1. The van der Waals surface area contributed by atoms with E-state index in [1.807, 2.05) is 91.4 Å². The summed E-state index contributed by atoms with van der Waals surface area (Å²) in [5.41, 5.74) is 5.41. The van der Waals surface area contributed by atoms with Crippen LogP contribution in [-0.4, -0.2) is 34.3 Å². The summed E-state index contributed by atoms with van der Waals surface area (Å²) in [6.07, 6.45) is 4.66. The zero-order valence-corrected chi connectivity index (χ0v) is 25.6. The van der Waals surface area contributed by atoms with E-state index in [9.17, 15) is 4.79 Å². The average molecular weight is 512 g/mol. The Hall–Kier alpha value is -3.15. The van der Waals surface area contributed by atoms with Crippen molar-refractivity contribution >= 4 is 11.7 Å². The normalized spacial score (nSPS) is 10.5. The van der Waals surface area contributed by atoms with E-state index in [1.54, 1.807) is 13.2 Å². The second kappa shape index (κ2) is 22.1. The maximum absolute atomic E-state index is 12.1. The fourth-order valence-corrected chi connectivity index (χ4v) is 3.40. The zero-order valence-electron chi connectivity index (χ0n) is 25.6. The topological polar surface area (TPSA) is 63.1 Å². The Balaban J connectivity index is 0. The number of benzene rings is 1. The van der Waals surface area contributed by atoms with E-state index < -0.39 is 0 Å². The highest BCUT2D eigenvalue weighted by Crippen LogP contribution is 2.26. The predicted octanol–water partition coefficient (Wildman–Crippen LogP) is 7.63. The molecule has 1 N–H and O–H groups in total. The Morgan fingerprint density at radius 3 is 2.08 bits per heavy atom. The lowest BCUT2D eigenvalue weighted by atomic mass is 9.94. The molecule has 0 saturated carbocycles. The van der Waals surface area contributed by atoms with Crippen molar-refractivity contribution < 1.29 is 4.79 Å². The molecule has 0 fully saturated rings. The van der Waals surface area contributed by atoms with Gasteiger partial charge in [0.2, 0.25) is 0 Å². The molecule has 1 aliphatic rings. The van der Waals surface area contributed by atoms with E-state index >= 15 is 0 Å². The Morgan fingerprint density at radius 1 is 0.946 bits per heavy atom. The Kier molecular flexibility index (Phi) is 21.5. The number of hydrogen-bond acceptors (Lipinski definition) is 4. The predicted molar refractivity (Wildman–Crippen MR) is 162 cm³/mol. The third-order valence-corrected chi connectivity index (χ3v) is 5.29. The molecule has 3 aromatic rings. The number of hydrogen-bond donors (Lipinski definition) is 1. The van der Waals surface area contributed by atoms with Crippen molar-refractivity contribution in [1.82, 2.24) is 20.1 Å². The highest BCUT2D eigenvalue weighted by atomic mass is 16.1. The van der Waals surface area contributed by atoms with Gasteiger partial charge in [-0.1, -0.05) is 73.6 Å². The van der Waals surface area contributed by atoms with Gasteiger partial charge in [-0.3, -0.25) is 9.48 Å². The maximum atomic E-state index is 12.1. The van der Waals surface area contributed by atoms with Crippen molar-refractivity contribution in [2.45, 2.75) is 95.7 Å². The van der Waals surface area contributed by atoms with Gasteiger partial charge in [-0.25, -0.2) is 4.98 Å². The van der Waals surface area contributed by atoms with E-state index in [2.05, 4.69) is 52.3 Å². The molecule has 0 aliphatic carbocycles. The van der Waals surface area contributed by atoms with Gasteiger partial charge in [-0.05, 0) is 62.1 Å². The molecule has 1 aromatic carbocycles. The molecular weight excluding hydrogens is 458 g/mol. The molecule has 6 heteroatoms. The molecule has 0 radical (unpaired) electrons. The van der Waals surface area contributed by atoms with Gasteiger partial charge in [-0.15, -0.1) is 0 Å². The van der Waals surface area contributed by atoms with E-state index in [4.69, 9.17) is 0 Å². The standard InChI is InChI=1S/C18H21N3O.C5H8N2.4C2H6/c1-12-7-8-17(20-13(12)2)21-10-9-14-5-4-6-15(16(14)11-21)18(22)19-3;1-2-7-5-3-4-6-7;4*1-2/h4-8H,9-11H2,1-3H3,(H,19,22);3-5H,2H2,1H3;4*1-2H3. The SMILES string of the molecule is CC.CC.CC.CC.CCn1cccn1.CNC(=O)c1cccc2c1CN(c1ccc(C)c(C)n1)CC2. The summed E-state index contributed by atoms with van der Waals surface area (Å²) in [5, 5.41) is 6.68. The first-order valence-corrected chi connectivity index (χ1v) is 14.0. The number of carbonyl (C=O) groups excluding carboxylic acids is 1. The van der Waals surface area contributed by atoms with Gasteiger partial charge in [0.05, 0.1) is 0 Å². The third kappa shape index (κ3) is 11.6. The van der Waals surface area contributed by atoms with Crippen molar-refractivity contribution in [1.29, 1.82) is 0 Å². The molecule has 37 heavy (non-hydrogen) atoms. The maximum Gasteiger partial charge on any atom is 0.251 e. The number of amides is 1. The van der Waals surface area contributed by atoms with Gasteiger partial charge in [0.25, 0.3) is 5.91 Å². The lowest BCUT2D eigenvalue weighted by molar-refractivity contribution is 0.0962. The average Bonchev–Trinajstić information content (AvgIpc) is 3.52. The van der Waals surface area contributed by atoms with E-state index in [0.29, 0.717) is 0 Å². The molecule has 1 amide bonds. The van der Waals surface area contributed by atoms with Crippen LogP contribution in [0.1, 0.15) is 95.1 Å². The largest absolute Gasteiger partial charge is 0.355 e. The molecule has 3 heterocycles. The first kappa shape index (κ1) is 36.0. The van der Waals surface area contributed by atoms with Gasteiger partial charge in [0.15, 0.2) is 0 Å². The molecule has 208 valence electrons. The zero-order chi connectivity index (χ0) is 28.8. The smallest absolute Gasteiger partial charge is 0.251 e. The Labute approximate surface area is 227 Å². The molecule has 1 aliphatic heterocycles. The summed E-state index contributed by atoms with van der Waals surface area (Å²) < 4.78 is 1.88. The molecule has 0 spiro atoms. The van der Waals surface area contributed by atoms with Crippen LogP contribution >= 0.6 is 0 Å². The number of nitrogens with zero attached hydrogens (tertiary/aromatic N) is 4. The Bertz CT molecular complexity index is 968. The second-order valence-corrected chi connectivity index (χ2v) is 7.13. The fraction of sp³-hybridized carbons (Fsp3) is 0.516. The van der Waals surface area contributed by atoms with Crippen LogP contribution in [-0.2, 0) is 19.5 Å². The lowest BCUT2D eigenvalue weighted by Crippen LogP contribution is -2.33. The highest BCUT2D eigenvalue weighted by molar-refractivity contribution is 5.96. The van der Waals surface area contributed by atoms with Crippen LogP contribution in [0.3, 0.4) is 0 Å². The number of fused-ring (bicyclic) bond motifs is 1. The lowest BCUT2D eigenvalue weighted by Gasteiger charge is -2.31. The van der Waals surface area contributed by atoms with Crippen molar-refractivity contribution in [2.75, 3.05) is 18.5 Å². The van der Waals surface area contributed by atoms with Gasteiger partial charge in [0, 0.05) is 50.3 Å². The minimum absolute atomic E-state index is 0.0215. The van der Waals surface area contributed by atoms with Crippen molar-refractivity contribution in [3.8, 4) is 0 Å². The summed E-state index contributed by atoms with van der Waals surface area (Å²) in [6.45, 7) is 24.8. The molecule has 0 atom stereocenters. The Morgan fingerprint density at radius 2 is 1.59 bits per heavy atom. The third-order valence-electron chi connectivity index (χ3n) is 5.29. The van der Waals surface area contributed by atoms with Crippen LogP contribution < -0.4 is 10.2 Å². The van der Waals surface area contributed by atoms with E-state index in [1.165, 1.54) is 11.1 Å². The number of rotatable bonds is 3. The van der Waals surface area contributed by atoms with Crippen molar-refractivity contribution in [3.63, 3.8) is 0 Å². The number of nitrogens with one attached hydrogen (secondary N) is 1. The van der Waals surface area contributed by atoms with Gasteiger partial charge < -0.3 is 10.2 Å². The van der Waals surface area contributed by atoms with Crippen molar-refractivity contribution in [2.24, 2.45) is 0 Å². The number of aromatic nitrogens is 3. The van der Waals surface area contributed by atoms with Gasteiger partial charge >= 0.3 is 0 Å². The van der Waals surface area contributed by atoms with Crippen LogP contribution in [0.25, 0.3) is 0 Å². The van der Waals surface area contributed by atoms with Crippen LogP contribution in [0.2, 0.25) is 0 Å². The molecule has 4 rings (SSSR count). The monoisotopic (exact) mass is 511 g/mol. The minimum Gasteiger partial charge on any atom is -0.355 e. The van der Waals surface area contributed by atoms with Gasteiger partial charge in [0.1, 0.15) is 5.82 Å². The molecular formula is C31H53N5O.